The molecular formula is C19H22FN3O2S. The van der Waals surface area contributed by atoms with E-state index in [9.17, 15) is 14.0 Å². The summed E-state index contributed by atoms with van der Waals surface area (Å²) in [7, 11) is 0. The molecule has 2 heterocycles. The van der Waals surface area contributed by atoms with Crippen molar-refractivity contribution in [1.82, 2.24) is 14.8 Å². The van der Waals surface area contributed by atoms with Gasteiger partial charge in [0.05, 0.1) is 5.01 Å². The first-order valence-corrected chi connectivity index (χ1v) is 9.59. The van der Waals surface area contributed by atoms with Crippen molar-refractivity contribution in [3.63, 3.8) is 0 Å². The molecule has 5 nitrogen and oxygen atoms in total. The van der Waals surface area contributed by atoms with Crippen LogP contribution in [0.3, 0.4) is 0 Å². The lowest BCUT2D eigenvalue weighted by Crippen LogP contribution is -2.51. The smallest absolute Gasteiger partial charge is 0.273 e. The van der Waals surface area contributed by atoms with Gasteiger partial charge in [-0.25, -0.2) is 9.37 Å². The Kier molecular flexibility index (Phi) is 5.66. The number of amides is 2. The quantitative estimate of drug-likeness (QED) is 0.826. The largest absolute Gasteiger partial charge is 0.339 e. The summed E-state index contributed by atoms with van der Waals surface area (Å²) in [5.74, 6) is -0.281. The van der Waals surface area contributed by atoms with E-state index in [-0.39, 0.29) is 23.5 Å². The van der Waals surface area contributed by atoms with E-state index in [1.807, 2.05) is 24.8 Å². The van der Waals surface area contributed by atoms with Crippen LogP contribution < -0.4 is 0 Å². The van der Waals surface area contributed by atoms with Gasteiger partial charge in [-0.15, -0.1) is 11.3 Å². The first-order valence-electron chi connectivity index (χ1n) is 8.71. The highest BCUT2D eigenvalue weighted by Crippen LogP contribution is 2.18. The minimum atomic E-state index is -0.274. The van der Waals surface area contributed by atoms with Crippen molar-refractivity contribution in [1.29, 1.82) is 0 Å². The zero-order valence-electron chi connectivity index (χ0n) is 14.9. The van der Waals surface area contributed by atoms with E-state index in [2.05, 4.69) is 4.98 Å². The molecule has 2 aromatic rings. The van der Waals surface area contributed by atoms with Crippen molar-refractivity contribution in [2.24, 2.45) is 5.92 Å². The van der Waals surface area contributed by atoms with Crippen LogP contribution >= 0.6 is 11.3 Å². The van der Waals surface area contributed by atoms with Gasteiger partial charge in [0.1, 0.15) is 11.5 Å². The number of hydrogen-bond acceptors (Lipinski definition) is 4. The van der Waals surface area contributed by atoms with E-state index in [0.717, 1.165) is 10.6 Å². The summed E-state index contributed by atoms with van der Waals surface area (Å²) in [5, 5.41) is 2.54. The first-order chi connectivity index (χ1) is 12.4. The molecule has 26 heavy (non-hydrogen) atoms. The van der Waals surface area contributed by atoms with Gasteiger partial charge in [-0.1, -0.05) is 26.0 Å². The van der Waals surface area contributed by atoms with E-state index in [4.69, 9.17) is 0 Å². The molecule has 0 spiro atoms. The van der Waals surface area contributed by atoms with Gasteiger partial charge >= 0.3 is 0 Å². The maximum atomic E-state index is 13.3. The lowest BCUT2D eigenvalue weighted by Gasteiger charge is -2.35. The molecule has 2 amide bonds. The molecule has 0 atom stereocenters. The summed E-state index contributed by atoms with van der Waals surface area (Å²) >= 11 is 1.41. The number of hydrogen-bond donors (Lipinski definition) is 0. The second-order valence-electron chi connectivity index (χ2n) is 6.71. The van der Waals surface area contributed by atoms with Crippen molar-refractivity contribution in [3.8, 4) is 0 Å². The SMILES string of the molecule is CC(C)C(=O)N1CCN(C(=O)c2csc(Cc3cccc(F)c3)n2)CC1. The van der Waals surface area contributed by atoms with Gasteiger partial charge in [0.2, 0.25) is 5.91 Å². The van der Waals surface area contributed by atoms with Gasteiger partial charge in [0.25, 0.3) is 5.91 Å². The summed E-state index contributed by atoms with van der Waals surface area (Å²) < 4.78 is 13.3. The molecule has 138 valence electrons. The van der Waals surface area contributed by atoms with E-state index >= 15 is 0 Å². The van der Waals surface area contributed by atoms with Crippen molar-refractivity contribution < 1.29 is 14.0 Å². The third-order valence-corrected chi connectivity index (χ3v) is 5.24. The molecule has 0 unspecified atom stereocenters. The number of piperazine rings is 1. The summed E-state index contributed by atoms with van der Waals surface area (Å²) in [6, 6.07) is 6.40. The lowest BCUT2D eigenvalue weighted by molar-refractivity contribution is -0.135. The van der Waals surface area contributed by atoms with Crippen molar-refractivity contribution in [2.45, 2.75) is 20.3 Å². The molecule has 0 radical (unpaired) electrons. The molecule has 1 aliphatic heterocycles. The molecule has 1 aromatic heterocycles. The Morgan fingerprint density at radius 3 is 2.54 bits per heavy atom. The van der Waals surface area contributed by atoms with Gasteiger partial charge in [-0.3, -0.25) is 9.59 Å². The molecule has 0 N–H and O–H groups in total. The average Bonchev–Trinajstić information content (AvgIpc) is 3.09. The molecular weight excluding hydrogens is 353 g/mol. The van der Waals surface area contributed by atoms with Crippen LogP contribution in [0.25, 0.3) is 0 Å². The molecule has 0 saturated carbocycles. The maximum absolute atomic E-state index is 13.3. The normalized spacial score (nSPS) is 14.8. The fourth-order valence-electron chi connectivity index (χ4n) is 2.97. The third kappa shape index (κ3) is 4.27. The van der Waals surface area contributed by atoms with Crippen molar-refractivity contribution in [2.75, 3.05) is 26.2 Å². The van der Waals surface area contributed by atoms with Gasteiger partial charge in [-0.2, -0.15) is 0 Å². The minimum absolute atomic E-state index is 0.0267. The number of aromatic nitrogens is 1. The summed E-state index contributed by atoms with van der Waals surface area (Å²) in [4.78, 5) is 32.6. The Morgan fingerprint density at radius 1 is 1.19 bits per heavy atom. The monoisotopic (exact) mass is 375 g/mol. The molecule has 1 fully saturated rings. The fourth-order valence-corrected chi connectivity index (χ4v) is 3.77. The first kappa shape index (κ1) is 18.5. The Morgan fingerprint density at radius 2 is 1.88 bits per heavy atom. The highest BCUT2D eigenvalue weighted by Gasteiger charge is 2.27. The van der Waals surface area contributed by atoms with Crippen molar-refractivity contribution >= 4 is 23.2 Å². The van der Waals surface area contributed by atoms with Crippen LogP contribution in [0.15, 0.2) is 29.6 Å². The molecule has 1 aromatic carbocycles. The maximum Gasteiger partial charge on any atom is 0.273 e. The number of nitrogens with zero attached hydrogens (tertiary/aromatic N) is 3. The Balaban J connectivity index is 1.59. The third-order valence-electron chi connectivity index (χ3n) is 4.39. The predicted molar refractivity (Wildman–Crippen MR) is 98.6 cm³/mol. The van der Waals surface area contributed by atoms with Crippen LogP contribution in [0, 0.1) is 11.7 Å². The molecule has 1 aliphatic rings. The van der Waals surface area contributed by atoms with E-state index in [1.54, 1.807) is 16.3 Å². The molecule has 3 rings (SSSR count). The Hall–Kier alpha value is -2.28. The average molecular weight is 375 g/mol. The Bertz CT molecular complexity index is 798. The van der Waals surface area contributed by atoms with Crippen LogP contribution in [0.1, 0.15) is 34.9 Å². The van der Waals surface area contributed by atoms with Gasteiger partial charge in [-0.05, 0) is 17.7 Å². The van der Waals surface area contributed by atoms with E-state index in [1.165, 1.54) is 23.5 Å². The summed E-state index contributed by atoms with van der Waals surface area (Å²) in [6.45, 7) is 5.93. The molecule has 0 aliphatic carbocycles. The van der Waals surface area contributed by atoms with Crippen LogP contribution in [-0.4, -0.2) is 52.8 Å². The van der Waals surface area contributed by atoms with Crippen LogP contribution in [0.4, 0.5) is 4.39 Å². The van der Waals surface area contributed by atoms with Crippen LogP contribution in [-0.2, 0) is 11.2 Å². The van der Waals surface area contributed by atoms with E-state index < -0.39 is 0 Å². The summed E-state index contributed by atoms with van der Waals surface area (Å²) in [5.41, 5.74) is 1.25. The highest BCUT2D eigenvalue weighted by molar-refractivity contribution is 7.09. The van der Waals surface area contributed by atoms with Gasteiger partial charge < -0.3 is 9.80 Å². The molecule has 7 heteroatoms. The zero-order chi connectivity index (χ0) is 18.7. The molecule has 0 bridgehead atoms. The number of carbonyl (C=O) groups is 2. The predicted octanol–water partition coefficient (Wildman–Crippen LogP) is 2.81. The topological polar surface area (TPSA) is 53.5 Å². The van der Waals surface area contributed by atoms with Gasteiger partial charge in [0, 0.05) is 43.9 Å². The van der Waals surface area contributed by atoms with Crippen molar-refractivity contribution in [3.05, 3.63) is 51.7 Å². The fraction of sp³-hybridized carbons (Fsp3) is 0.421. The number of rotatable bonds is 4. The summed E-state index contributed by atoms with van der Waals surface area (Å²) in [6.07, 6.45) is 0.506. The number of carbonyl (C=O) groups excluding carboxylic acids is 2. The highest BCUT2D eigenvalue weighted by atomic mass is 32.1. The minimum Gasteiger partial charge on any atom is -0.339 e. The number of thiazole rings is 1. The van der Waals surface area contributed by atoms with E-state index in [0.29, 0.717) is 38.3 Å². The number of benzene rings is 1. The lowest BCUT2D eigenvalue weighted by atomic mass is 10.1. The number of halogens is 1. The van der Waals surface area contributed by atoms with Crippen LogP contribution in [0.2, 0.25) is 0 Å². The molecule has 1 saturated heterocycles. The van der Waals surface area contributed by atoms with Gasteiger partial charge in [0.15, 0.2) is 0 Å². The zero-order valence-corrected chi connectivity index (χ0v) is 15.8. The second kappa shape index (κ2) is 7.95. The van der Waals surface area contributed by atoms with Crippen LogP contribution in [0.5, 0.6) is 0 Å². The Labute approximate surface area is 156 Å². The second-order valence-corrected chi connectivity index (χ2v) is 7.65. The standard InChI is InChI=1S/C19H22FN3O2S/c1-13(2)18(24)22-6-8-23(9-7-22)19(25)16-12-26-17(21-16)11-14-4-3-5-15(20)10-14/h3-5,10,12-13H,6-9,11H2,1-2H3.